The summed E-state index contributed by atoms with van der Waals surface area (Å²) in [7, 11) is 1.47. The second-order valence-corrected chi connectivity index (χ2v) is 6.86. The van der Waals surface area contributed by atoms with E-state index in [0.29, 0.717) is 29.0 Å². The number of fused-ring (bicyclic) bond motifs is 1. The number of nitrogens with zero attached hydrogens (tertiary/aromatic N) is 3. The van der Waals surface area contributed by atoms with Gasteiger partial charge >= 0.3 is 6.61 Å². The average molecular weight is 388 g/mol. The number of ether oxygens (including phenoxy) is 2. The van der Waals surface area contributed by atoms with Crippen molar-refractivity contribution in [1.82, 2.24) is 14.6 Å². The summed E-state index contributed by atoms with van der Waals surface area (Å²) >= 11 is 0. The maximum absolute atomic E-state index is 12.9. The molecular formula is C20H22F2N4O2. The highest BCUT2D eigenvalue weighted by Crippen LogP contribution is 2.36. The van der Waals surface area contributed by atoms with Crippen LogP contribution in [0.2, 0.25) is 0 Å². The van der Waals surface area contributed by atoms with Crippen molar-refractivity contribution in [2.75, 3.05) is 12.4 Å². The molecule has 1 N–H and O–H groups in total. The molecule has 0 radical (unpaired) electrons. The van der Waals surface area contributed by atoms with Gasteiger partial charge in [0.2, 0.25) is 5.95 Å². The second-order valence-electron chi connectivity index (χ2n) is 6.86. The summed E-state index contributed by atoms with van der Waals surface area (Å²) in [4.78, 5) is 0. The van der Waals surface area contributed by atoms with E-state index in [4.69, 9.17) is 9.47 Å². The lowest BCUT2D eigenvalue weighted by Crippen LogP contribution is -2.24. The van der Waals surface area contributed by atoms with E-state index in [1.54, 1.807) is 12.1 Å². The fourth-order valence-electron chi connectivity index (χ4n) is 3.69. The van der Waals surface area contributed by atoms with Crippen LogP contribution in [-0.2, 0) is 0 Å². The van der Waals surface area contributed by atoms with Gasteiger partial charge in [-0.1, -0.05) is 19.3 Å². The molecule has 3 aromatic rings. The van der Waals surface area contributed by atoms with Crippen LogP contribution >= 0.6 is 0 Å². The zero-order valence-electron chi connectivity index (χ0n) is 15.6. The van der Waals surface area contributed by atoms with E-state index < -0.39 is 6.61 Å². The van der Waals surface area contributed by atoms with Crippen molar-refractivity contribution < 1.29 is 18.3 Å². The van der Waals surface area contributed by atoms with Gasteiger partial charge in [-0.2, -0.15) is 8.78 Å². The van der Waals surface area contributed by atoms with Gasteiger partial charge < -0.3 is 14.8 Å². The molecule has 1 saturated carbocycles. The van der Waals surface area contributed by atoms with E-state index in [2.05, 4.69) is 15.5 Å². The lowest BCUT2D eigenvalue weighted by molar-refractivity contribution is -0.0495. The lowest BCUT2D eigenvalue weighted by Gasteiger charge is -2.23. The lowest BCUT2D eigenvalue weighted by atomic mass is 9.96. The van der Waals surface area contributed by atoms with Crippen molar-refractivity contribution in [3.05, 3.63) is 36.5 Å². The summed E-state index contributed by atoms with van der Waals surface area (Å²) in [5.41, 5.74) is 1.66. The molecule has 1 aliphatic rings. The number of anilines is 1. The van der Waals surface area contributed by atoms with Crippen molar-refractivity contribution in [3.63, 3.8) is 0 Å². The highest BCUT2D eigenvalue weighted by atomic mass is 19.3. The topological polar surface area (TPSA) is 60.7 Å². The number of hydrogen-bond acceptors (Lipinski definition) is 5. The molecule has 1 fully saturated rings. The van der Waals surface area contributed by atoms with E-state index in [-0.39, 0.29) is 5.75 Å². The van der Waals surface area contributed by atoms with Crippen molar-refractivity contribution in [2.45, 2.75) is 44.8 Å². The van der Waals surface area contributed by atoms with E-state index in [1.807, 2.05) is 22.7 Å². The van der Waals surface area contributed by atoms with Gasteiger partial charge in [-0.3, -0.25) is 4.40 Å². The molecule has 4 rings (SSSR count). The molecule has 0 bridgehead atoms. The van der Waals surface area contributed by atoms with E-state index in [0.717, 1.165) is 18.4 Å². The monoisotopic (exact) mass is 388 g/mol. The first-order valence-corrected chi connectivity index (χ1v) is 9.39. The third-order valence-electron chi connectivity index (χ3n) is 5.06. The van der Waals surface area contributed by atoms with Gasteiger partial charge in [-0.05, 0) is 37.1 Å². The summed E-state index contributed by atoms with van der Waals surface area (Å²) in [6, 6.07) is 8.90. The van der Waals surface area contributed by atoms with Crippen molar-refractivity contribution >= 4 is 11.5 Å². The SMILES string of the molecule is COc1ccc(-c2nnc(NC3CCCCC3)n3cccc23)c(OC(F)F)c1. The van der Waals surface area contributed by atoms with Gasteiger partial charge in [0.25, 0.3) is 0 Å². The maximum Gasteiger partial charge on any atom is 0.387 e. The number of nitrogens with one attached hydrogen (secondary N) is 1. The molecule has 28 heavy (non-hydrogen) atoms. The molecule has 1 aliphatic carbocycles. The van der Waals surface area contributed by atoms with Crippen molar-refractivity contribution in [1.29, 1.82) is 0 Å². The van der Waals surface area contributed by atoms with Crippen LogP contribution in [0.1, 0.15) is 32.1 Å². The number of alkyl halides is 2. The van der Waals surface area contributed by atoms with Crippen LogP contribution < -0.4 is 14.8 Å². The number of halogens is 2. The molecule has 0 atom stereocenters. The largest absolute Gasteiger partial charge is 0.497 e. The highest BCUT2D eigenvalue weighted by molar-refractivity contribution is 5.81. The summed E-state index contributed by atoms with van der Waals surface area (Å²) in [5.74, 6) is 1.08. The molecule has 2 heterocycles. The van der Waals surface area contributed by atoms with E-state index in [9.17, 15) is 8.78 Å². The van der Waals surface area contributed by atoms with Crippen LogP contribution in [0.3, 0.4) is 0 Å². The molecule has 0 saturated heterocycles. The van der Waals surface area contributed by atoms with E-state index in [1.165, 1.54) is 32.4 Å². The summed E-state index contributed by atoms with van der Waals surface area (Å²) < 4.78 is 37.6. The average Bonchev–Trinajstić information content (AvgIpc) is 3.19. The van der Waals surface area contributed by atoms with Crippen molar-refractivity contribution in [3.8, 4) is 22.8 Å². The van der Waals surface area contributed by atoms with Crippen molar-refractivity contribution in [2.24, 2.45) is 0 Å². The predicted molar refractivity (Wildman–Crippen MR) is 102 cm³/mol. The molecule has 8 heteroatoms. The molecule has 2 aromatic heterocycles. The molecule has 6 nitrogen and oxygen atoms in total. The first-order valence-electron chi connectivity index (χ1n) is 9.39. The number of aromatic nitrogens is 3. The Morgan fingerprint density at radius 1 is 1.14 bits per heavy atom. The Hall–Kier alpha value is -2.90. The minimum absolute atomic E-state index is 0.000241. The van der Waals surface area contributed by atoms with Gasteiger partial charge in [-0.15, -0.1) is 10.2 Å². The fraction of sp³-hybridized carbons (Fsp3) is 0.400. The summed E-state index contributed by atoms with van der Waals surface area (Å²) in [6.45, 7) is -2.95. The van der Waals surface area contributed by atoms with E-state index >= 15 is 0 Å². The minimum Gasteiger partial charge on any atom is -0.497 e. The Kier molecular flexibility index (Phi) is 5.27. The number of benzene rings is 1. The molecule has 148 valence electrons. The molecule has 0 aliphatic heterocycles. The first-order chi connectivity index (χ1) is 13.7. The molecule has 0 spiro atoms. The van der Waals surface area contributed by atoms with Crippen LogP contribution in [0.5, 0.6) is 11.5 Å². The van der Waals surface area contributed by atoms with Gasteiger partial charge in [0.05, 0.1) is 12.6 Å². The normalized spacial score (nSPS) is 15.1. The maximum atomic E-state index is 12.9. The predicted octanol–water partition coefficient (Wildman–Crippen LogP) is 4.75. The van der Waals surface area contributed by atoms with Crippen LogP contribution in [0.15, 0.2) is 36.5 Å². The third kappa shape index (κ3) is 3.72. The Labute approximate surface area is 161 Å². The molecule has 0 unspecified atom stereocenters. The zero-order chi connectivity index (χ0) is 19.5. The number of methoxy groups -OCH3 is 1. The smallest absolute Gasteiger partial charge is 0.387 e. The third-order valence-corrected chi connectivity index (χ3v) is 5.06. The van der Waals surface area contributed by atoms with Crippen LogP contribution in [0, 0.1) is 0 Å². The number of hydrogen-bond donors (Lipinski definition) is 1. The van der Waals surface area contributed by atoms with Crippen LogP contribution in [-0.4, -0.2) is 34.4 Å². The highest BCUT2D eigenvalue weighted by Gasteiger charge is 2.20. The minimum atomic E-state index is -2.95. The Morgan fingerprint density at radius 2 is 1.96 bits per heavy atom. The summed E-state index contributed by atoms with van der Waals surface area (Å²) in [6.07, 6.45) is 7.78. The first kappa shape index (κ1) is 18.5. The van der Waals surface area contributed by atoms with Gasteiger partial charge in [-0.25, -0.2) is 0 Å². The second kappa shape index (κ2) is 8.00. The fourth-order valence-corrected chi connectivity index (χ4v) is 3.69. The van der Waals surface area contributed by atoms with Gasteiger partial charge in [0.1, 0.15) is 17.2 Å². The quantitative estimate of drug-likeness (QED) is 0.660. The Bertz CT molecular complexity index is 955. The van der Waals surface area contributed by atoms with Crippen LogP contribution in [0.4, 0.5) is 14.7 Å². The van der Waals surface area contributed by atoms with Gasteiger partial charge in [0, 0.05) is 23.9 Å². The van der Waals surface area contributed by atoms with Gasteiger partial charge in [0.15, 0.2) is 0 Å². The Morgan fingerprint density at radius 3 is 2.71 bits per heavy atom. The number of rotatable bonds is 6. The molecular weight excluding hydrogens is 366 g/mol. The Balaban J connectivity index is 1.74. The van der Waals surface area contributed by atoms with Crippen LogP contribution in [0.25, 0.3) is 16.8 Å². The summed E-state index contributed by atoms with van der Waals surface area (Å²) in [5, 5.41) is 12.2. The molecule has 1 aromatic carbocycles. The molecule has 0 amide bonds. The zero-order valence-corrected chi connectivity index (χ0v) is 15.6. The standard InChI is InChI=1S/C20H22F2N4O2/c1-27-14-9-10-15(17(12-14)28-19(21)22)18-16-8-5-11-26(16)20(25-24-18)23-13-6-3-2-4-7-13/h5,8-13,19H,2-4,6-7H2,1H3,(H,23,25).